The maximum Gasteiger partial charge on any atom is 0.00902 e. The molecule has 0 aromatic heterocycles. The average Bonchev–Trinajstić information content (AvgIpc) is 2.39. The molecular formula is C17H23N. The Bertz CT molecular complexity index is 502. The number of rotatable bonds is 5. The minimum absolute atomic E-state index is 0.608. The van der Waals surface area contributed by atoms with Crippen LogP contribution in [-0.4, -0.2) is 13.1 Å². The lowest BCUT2D eigenvalue weighted by Gasteiger charge is -2.20. The minimum Gasteiger partial charge on any atom is -0.317 e. The summed E-state index contributed by atoms with van der Waals surface area (Å²) in [6, 6.07) is 16.0. The second-order valence-corrected chi connectivity index (χ2v) is 5.36. The predicted octanol–water partition coefficient (Wildman–Crippen LogP) is 4.02. The van der Waals surface area contributed by atoms with Crippen molar-refractivity contribution in [3.05, 3.63) is 48.0 Å². The van der Waals surface area contributed by atoms with Gasteiger partial charge in [0.1, 0.15) is 0 Å². The van der Waals surface area contributed by atoms with Crippen LogP contribution in [0.25, 0.3) is 10.8 Å². The van der Waals surface area contributed by atoms with E-state index >= 15 is 0 Å². The van der Waals surface area contributed by atoms with Crippen molar-refractivity contribution in [2.45, 2.75) is 32.7 Å². The smallest absolute Gasteiger partial charge is 0.00902 e. The molecular weight excluding hydrogens is 218 g/mol. The Labute approximate surface area is 110 Å². The fourth-order valence-corrected chi connectivity index (χ4v) is 2.53. The van der Waals surface area contributed by atoms with Gasteiger partial charge in [0.25, 0.3) is 0 Å². The van der Waals surface area contributed by atoms with E-state index in [1.807, 2.05) is 0 Å². The SMILES string of the molecule is CNC(CCc1ccc2ccccc2c1)C(C)C. The normalized spacial score (nSPS) is 13.1. The molecule has 0 bridgehead atoms. The standard InChI is InChI=1S/C17H23N/c1-13(2)17(18-3)11-9-14-8-10-15-6-4-5-7-16(15)12-14/h4-8,10,12-13,17-18H,9,11H2,1-3H3. The van der Waals surface area contributed by atoms with Gasteiger partial charge in [-0.25, -0.2) is 0 Å². The molecule has 2 aromatic carbocycles. The Kier molecular flexibility index (Phi) is 4.38. The Hall–Kier alpha value is -1.34. The molecule has 0 aliphatic carbocycles. The molecule has 0 amide bonds. The van der Waals surface area contributed by atoms with Gasteiger partial charge in [0.2, 0.25) is 0 Å². The molecule has 1 heteroatoms. The lowest BCUT2D eigenvalue weighted by molar-refractivity contribution is 0.403. The van der Waals surface area contributed by atoms with E-state index in [4.69, 9.17) is 0 Å². The first-order valence-corrected chi connectivity index (χ1v) is 6.85. The van der Waals surface area contributed by atoms with Crippen molar-refractivity contribution in [2.75, 3.05) is 7.05 Å². The Morgan fingerprint density at radius 1 is 1.00 bits per heavy atom. The highest BCUT2D eigenvalue weighted by atomic mass is 14.9. The Balaban J connectivity index is 2.07. The molecule has 0 spiro atoms. The first kappa shape index (κ1) is 13.1. The fourth-order valence-electron chi connectivity index (χ4n) is 2.53. The third kappa shape index (κ3) is 3.11. The third-order valence-electron chi connectivity index (χ3n) is 3.73. The number of fused-ring (bicyclic) bond motifs is 1. The summed E-state index contributed by atoms with van der Waals surface area (Å²) in [6.45, 7) is 4.56. The van der Waals surface area contributed by atoms with Crippen molar-refractivity contribution in [1.82, 2.24) is 5.32 Å². The molecule has 1 unspecified atom stereocenters. The summed E-state index contributed by atoms with van der Waals surface area (Å²) in [5.41, 5.74) is 1.44. The van der Waals surface area contributed by atoms with Crippen molar-refractivity contribution in [3.63, 3.8) is 0 Å². The van der Waals surface area contributed by atoms with Crippen LogP contribution < -0.4 is 5.32 Å². The van der Waals surface area contributed by atoms with Crippen molar-refractivity contribution in [3.8, 4) is 0 Å². The van der Waals surface area contributed by atoms with Gasteiger partial charge in [-0.3, -0.25) is 0 Å². The first-order valence-electron chi connectivity index (χ1n) is 6.85. The number of benzene rings is 2. The van der Waals surface area contributed by atoms with Crippen LogP contribution in [0.4, 0.5) is 0 Å². The van der Waals surface area contributed by atoms with Crippen LogP contribution in [0.5, 0.6) is 0 Å². The van der Waals surface area contributed by atoms with E-state index in [2.05, 4.69) is 68.7 Å². The van der Waals surface area contributed by atoms with E-state index in [9.17, 15) is 0 Å². The largest absolute Gasteiger partial charge is 0.317 e. The molecule has 0 fully saturated rings. The maximum absolute atomic E-state index is 3.41. The van der Waals surface area contributed by atoms with E-state index in [1.165, 1.54) is 22.8 Å². The monoisotopic (exact) mass is 241 g/mol. The van der Waals surface area contributed by atoms with Gasteiger partial charge in [-0.05, 0) is 42.1 Å². The van der Waals surface area contributed by atoms with E-state index in [0.29, 0.717) is 12.0 Å². The lowest BCUT2D eigenvalue weighted by Crippen LogP contribution is -2.30. The molecule has 2 aromatic rings. The Morgan fingerprint density at radius 3 is 2.39 bits per heavy atom. The topological polar surface area (TPSA) is 12.0 Å². The van der Waals surface area contributed by atoms with Crippen molar-refractivity contribution < 1.29 is 0 Å². The summed E-state index contributed by atoms with van der Waals surface area (Å²) in [5.74, 6) is 0.690. The maximum atomic E-state index is 3.41. The van der Waals surface area contributed by atoms with Crippen LogP contribution in [0.3, 0.4) is 0 Å². The van der Waals surface area contributed by atoms with Crippen LogP contribution in [-0.2, 0) is 6.42 Å². The van der Waals surface area contributed by atoms with E-state index in [1.54, 1.807) is 0 Å². The summed E-state index contributed by atoms with van der Waals surface area (Å²) in [4.78, 5) is 0. The fraction of sp³-hybridized carbons (Fsp3) is 0.412. The summed E-state index contributed by atoms with van der Waals surface area (Å²) in [7, 11) is 2.06. The highest BCUT2D eigenvalue weighted by Crippen LogP contribution is 2.18. The molecule has 96 valence electrons. The lowest BCUT2D eigenvalue weighted by atomic mass is 9.96. The molecule has 0 saturated heterocycles. The van der Waals surface area contributed by atoms with Crippen LogP contribution in [0, 0.1) is 5.92 Å². The number of hydrogen-bond acceptors (Lipinski definition) is 1. The van der Waals surface area contributed by atoms with E-state index < -0.39 is 0 Å². The molecule has 18 heavy (non-hydrogen) atoms. The second kappa shape index (κ2) is 6.01. The van der Waals surface area contributed by atoms with Crippen LogP contribution >= 0.6 is 0 Å². The number of nitrogens with one attached hydrogen (secondary N) is 1. The molecule has 0 aliphatic heterocycles. The van der Waals surface area contributed by atoms with Crippen molar-refractivity contribution >= 4 is 10.8 Å². The molecule has 0 aliphatic rings. The van der Waals surface area contributed by atoms with Crippen LogP contribution in [0.2, 0.25) is 0 Å². The van der Waals surface area contributed by atoms with Gasteiger partial charge < -0.3 is 5.32 Å². The molecule has 0 radical (unpaired) electrons. The number of hydrogen-bond donors (Lipinski definition) is 1. The molecule has 1 atom stereocenters. The van der Waals surface area contributed by atoms with Gasteiger partial charge in [0.05, 0.1) is 0 Å². The van der Waals surface area contributed by atoms with Crippen LogP contribution in [0.15, 0.2) is 42.5 Å². The zero-order valence-electron chi connectivity index (χ0n) is 11.6. The zero-order chi connectivity index (χ0) is 13.0. The summed E-state index contributed by atoms with van der Waals surface area (Å²) in [5, 5.41) is 6.09. The van der Waals surface area contributed by atoms with Crippen LogP contribution in [0.1, 0.15) is 25.8 Å². The van der Waals surface area contributed by atoms with Gasteiger partial charge in [-0.2, -0.15) is 0 Å². The first-order chi connectivity index (χ1) is 8.70. The molecule has 0 saturated carbocycles. The van der Waals surface area contributed by atoms with Gasteiger partial charge in [-0.15, -0.1) is 0 Å². The summed E-state index contributed by atoms with van der Waals surface area (Å²) >= 11 is 0. The summed E-state index contributed by atoms with van der Waals surface area (Å²) in [6.07, 6.45) is 2.35. The van der Waals surface area contributed by atoms with Crippen molar-refractivity contribution in [1.29, 1.82) is 0 Å². The van der Waals surface area contributed by atoms with Gasteiger partial charge >= 0.3 is 0 Å². The van der Waals surface area contributed by atoms with Gasteiger partial charge in [-0.1, -0.05) is 56.3 Å². The predicted molar refractivity (Wildman–Crippen MR) is 80.0 cm³/mol. The summed E-state index contributed by atoms with van der Waals surface area (Å²) < 4.78 is 0. The third-order valence-corrected chi connectivity index (χ3v) is 3.73. The molecule has 0 heterocycles. The molecule has 1 nitrogen and oxygen atoms in total. The van der Waals surface area contributed by atoms with Gasteiger partial charge in [0.15, 0.2) is 0 Å². The number of aryl methyl sites for hydroxylation is 1. The average molecular weight is 241 g/mol. The van der Waals surface area contributed by atoms with E-state index in [-0.39, 0.29) is 0 Å². The highest BCUT2D eigenvalue weighted by molar-refractivity contribution is 5.82. The quantitative estimate of drug-likeness (QED) is 0.833. The molecule has 1 N–H and O–H groups in total. The van der Waals surface area contributed by atoms with Gasteiger partial charge in [0, 0.05) is 6.04 Å². The Morgan fingerprint density at radius 2 is 1.72 bits per heavy atom. The van der Waals surface area contributed by atoms with Crippen molar-refractivity contribution in [2.24, 2.45) is 5.92 Å². The molecule has 2 rings (SSSR count). The zero-order valence-corrected chi connectivity index (χ0v) is 11.6. The minimum atomic E-state index is 0.608. The van der Waals surface area contributed by atoms with E-state index in [0.717, 1.165) is 6.42 Å². The highest BCUT2D eigenvalue weighted by Gasteiger charge is 2.10. The second-order valence-electron chi connectivity index (χ2n) is 5.36.